The van der Waals surface area contributed by atoms with Gasteiger partial charge in [-0.15, -0.1) is 5.10 Å². The van der Waals surface area contributed by atoms with Crippen LogP contribution in [0.25, 0.3) is 5.65 Å². The molecule has 3 heterocycles. The van der Waals surface area contributed by atoms with Gasteiger partial charge in [-0.25, -0.2) is 4.52 Å². The maximum atomic E-state index is 5.95. The van der Waals surface area contributed by atoms with Crippen LogP contribution < -0.4 is 5.32 Å². The normalized spacial score (nSPS) is 23.6. The van der Waals surface area contributed by atoms with Gasteiger partial charge < -0.3 is 10.2 Å². The Morgan fingerprint density at radius 2 is 2.20 bits per heavy atom. The molecule has 1 atom stereocenters. The van der Waals surface area contributed by atoms with Gasteiger partial charge in [0.05, 0.1) is 5.02 Å². The molecule has 5 nitrogen and oxygen atoms in total. The lowest BCUT2D eigenvalue weighted by molar-refractivity contribution is 0.316. The lowest BCUT2D eigenvalue weighted by Gasteiger charge is -2.14. The lowest BCUT2D eigenvalue weighted by atomic mass is 10.1. The van der Waals surface area contributed by atoms with Crippen molar-refractivity contribution in [2.75, 3.05) is 25.0 Å². The number of nitrogens with one attached hydrogen (secondary N) is 1. The second-order valence-corrected chi connectivity index (χ2v) is 6.28. The molecule has 0 aromatic carbocycles. The summed E-state index contributed by atoms with van der Waals surface area (Å²) in [6, 6.07) is 4.60. The van der Waals surface area contributed by atoms with Crippen LogP contribution in [-0.2, 0) is 0 Å². The van der Waals surface area contributed by atoms with Gasteiger partial charge in [0.1, 0.15) is 0 Å². The SMILES string of the molecule is Clc1ccc2nc(NCC3CCN(C4CC4)C3)nn2c1. The van der Waals surface area contributed by atoms with E-state index in [0.29, 0.717) is 16.9 Å². The molecule has 2 fully saturated rings. The van der Waals surface area contributed by atoms with E-state index in [4.69, 9.17) is 11.6 Å². The van der Waals surface area contributed by atoms with Crippen molar-refractivity contribution in [3.8, 4) is 0 Å². The van der Waals surface area contributed by atoms with Crippen molar-refractivity contribution in [2.24, 2.45) is 5.92 Å². The molecule has 106 valence electrons. The minimum absolute atomic E-state index is 0.671. The van der Waals surface area contributed by atoms with Gasteiger partial charge in [-0.3, -0.25) is 0 Å². The van der Waals surface area contributed by atoms with Gasteiger partial charge in [-0.1, -0.05) is 11.6 Å². The third-order valence-corrected chi connectivity index (χ3v) is 4.45. The molecule has 0 spiro atoms. The number of likely N-dealkylation sites (tertiary alicyclic amines) is 1. The molecule has 1 saturated heterocycles. The number of pyridine rings is 1. The number of aromatic nitrogens is 3. The summed E-state index contributed by atoms with van der Waals surface area (Å²) >= 11 is 5.95. The summed E-state index contributed by atoms with van der Waals surface area (Å²) in [5.74, 6) is 1.41. The number of fused-ring (bicyclic) bond motifs is 1. The molecular weight excluding hydrogens is 274 g/mol. The summed E-state index contributed by atoms with van der Waals surface area (Å²) in [5.41, 5.74) is 0.822. The number of hydrogen-bond donors (Lipinski definition) is 1. The van der Waals surface area contributed by atoms with E-state index < -0.39 is 0 Å². The Balaban J connectivity index is 1.38. The minimum Gasteiger partial charge on any atom is -0.353 e. The minimum atomic E-state index is 0.671. The molecule has 20 heavy (non-hydrogen) atoms. The van der Waals surface area contributed by atoms with E-state index >= 15 is 0 Å². The van der Waals surface area contributed by atoms with Crippen LogP contribution in [-0.4, -0.2) is 45.2 Å². The first kappa shape index (κ1) is 12.4. The molecule has 2 aromatic rings. The zero-order valence-corrected chi connectivity index (χ0v) is 12.1. The van der Waals surface area contributed by atoms with Crippen molar-refractivity contribution >= 4 is 23.2 Å². The van der Waals surface area contributed by atoms with Crippen molar-refractivity contribution in [2.45, 2.75) is 25.3 Å². The summed E-state index contributed by atoms with van der Waals surface area (Å²) in [6.45, 7) is 3.43. The highest BCUT2D eigenvalue weighted by atomic mass is 35.5. The van der Waals surface area contributed by atoms with E-state index in [1.165, 1.54) is 32.4 Å². The first-order valence-electron chi connectivity index (χ1n) is 7.28. The summed E-state index contributed by atoms with van der Waals surface area (Å²) in [4.78, 5) is 7.08. The fourth-order valence-corrected chi connectivity index (χ4v) is 3.12. The Bertz CT molecular complexity index is 621. The maximum Gasteiger partial charge on any atom is 0.243 e. The van der Waals surface area contributed by atoms with Crippen LogP contribution in [0, 0.1) is 5.92 Å². The van der Waals surface area contributed by atoms with Gasteiger partial charge in [0.25, 0.3) is 0 Å². The Morgan fingerprint density at radius 1 is 1.30 bits per heavy atom. The zero-order valence-electron chi connectivity index (χ0n) is 11.3. The molecule has 2 aliphatic rings. The first-order chi connectivity index (χ1) is 9.78. The summed E-state index contributed by atoms with van der Waals surface area (Å²) in [6.07, 6.45) is 5.85. The van der Waals surface area contributed by atoms with Crippen molar-refractivity contribution < 1.29 is 0 Å². The number of halogens is 1. The predicted octanol–water partition coefficient (Wildman–Crippen LogP) is 2.28. The summed E-state index contributed by atoms with van der Waals surface area (Å²) in [5, 5.41) is 8.43. The fourth-order valence-electron chi connectivity index (χ4n) is 2.97. The predicted molar refractivity (Wildman–Crippen MR) is 79.2 cm³/mol. The van der Waals surface area contributed by atoms with Crippen molar-refractivity contribution in [3.63, 3.8) is 0 Å². The van der Waals surface area contributed by atoms with Crippen molar-refractivity contribution in [3.05, 3.63) is 23.4 Å². The third-order valence-electron chi connectivity index (χ3n) is 4.22. The summed E-state index contributed by atoms with van der Waals surface area (Å²) < 4.78 is 1.72. The quantitative estimate of drug-likeness (QED) is 0.939. The van der Waals surface area contributed by atoms with Gasteiger partial charge in [-0.2, -0.15) is 4.98 Å². The molecule has 6 heteroatoms. The highest BCUT2D eigenvalue weighted by Crippen LogP contribution is 2.31. The molecule has 4 rings (SSSR count). The molecule has 2 aromatic heterocycles. The topological polar surface area (TPSA) is 45.5 Å². The van der Waals surface area contributed by atoms with E-state index in [0.717, 1.165) is 18.2 Å². The van der Waals surface area contributed by atoms with E-state index in [1.54, 1.807) is 10.7 Å². The standard InChI is InChI=1S/C14H18ClN5/c15-11-1-4-13-17-14(18-20(13)9-11)16-7-10-5-6-19(8-10)12-2-3-12/h1,4,9-10,12H,2-3,5-8H2,(H,16,18). The second kappa shape index (κ2) is 4.90. The Hall–Kier alpha value is -1.33. The average Bonchev–Trinajstić information content (AvgIpc) is 3.04. The second-order valence-electron chi connectivity index (χ2n) is 5.85. The van der Waals surface area contributed by atoms with E-state index in [9.17, 15) is 0 Å². The fraction of sp³-hybridized carbons (Fsp3) is 0.571. The molecular formula is C14H18ClN5. The Morgan fingerprint density at radius 3 is 3.05 bits per heavy atom. The Kier molecular flexibility index (Phi) is 3.04. The van der Waals surface area contributed by atoms with Crippen molar-refractivity contribution in [1.29, 1.82) is 0 Å². The highest BCUT2D eigenvalue weighted by Gasteiger charge is 2.34. The third kappa shape index (κ3) is 2.47. The Labute approximate surface area is 122 Å². The number of anilines is 1. The molecule has 1 saturated carbocycles. The molecule has 1 aliphatic heterocycles. The summed E-state index contributed by atoms with van der Waals surface area (Å²) in [7, 11) is 0. The zero-order chi connectivity index (χ0) is 13.5. The maximum absolute atomic E-state index is 5.95. The molecule has 1 aliphatic carbocycles. The molecule has 0 amide bonds. The van der Waals surface area contributed by atoms with Crippen LogP contribution >= 0.6 is 11.6 Å². The van der Waals surface area contributed by atoms with Crippen LogP contribution in [0.1, 0.15) is 19.3 Å². The number of nitrogens with zero attached hydrogens (tertiary/aromatic N) is 4. The van der Waals surface area contributed by atoms with Gasteiger partial charge in [-0.05, 0) is 43.9 Å². The highest BCUT2D eigenvalue weighted by molar-refractivity contribution is 6.30. The van der Waals surface area contributed by atoms with Gasteiger partial charge >= 0.3 is 0 Å². The van der Waals surface area contributed by atoms with Gasteiger partial charge in [0.15, 0.2) is 5.65 Å². The number of hydrogen-bond acceptors (Lipinski definition) is 4. The lowest BCUT2D eigenvalue weighted by Crippen LogP contribution is -2.25. The van der Waals surface area contributed by atoms with Gasteiger partial charge in [0, 0.05) is 25.3 Å². The van der Waals surface area contributed by atoms with Crippen LogP contribution in [0.5, 0.6) is 0 Å². The smallest absolute Gasteiger partial charge is 0.243 e. The van der Waals surface area contributed by atoms with E-state index in [2.05, 4.69) is 20.3 Å². The van der Waals surface area contributed by atoms with Gasteiger partial charge in [0.2, 0.25) is 5.95 Å². The average molecular weight is 292 g/mol. The van der Waals surface area contributed by atoms with Crippen molar-refractivity contribution in [1.82, 2.24) is 19.5 Å². The van der Waals surface area contributed by atoms with E-state index in [-0.39, 0.29) is 0 Å². The van der Waals surface area contributed by atoms with E-state index in [1.807, 2.05) is 12.1 Å². The largest absolute Gasteiger partial charge is 0.353 e. The molecule has 1 unspecified atom stereocenters. The molecule has 0 radical (unpaired) electrons. The first-order valence-corrected chi connectivity index (χ1v) is 7.65. The van der Waals surface area contributed by atoms with Crippen LogP contribution in [0.2, 0.25) is 5.02 Å². The van der Waals surface area contributed by atoms with Crippen LogP contribution in [0.3, 0.4) is 0 Å². The monoisotopic (exact) mass is 291 g/mol. The molecule has 0 bridgehead atoms. The number of rotatable bonds is 4. The van der Waals surface area contributed by atoms with Crippen LogP contribution in [0.4, 0.5) is 5.95 Å². The molecule has 1 N–H and O–H groups in total. The van der Waals surface area contributed by atoms with Crippen LogP contribution in [0.15, 0.2) is 18.3 Å².